The maximum Gasteiger partial charge on any atom is 0.410 e. The van der Waals surface area contributed by atoms with E-state index in [2.05, 4.69) is 25.9 Å². The first-order chi connectivity index (χ1) is 13.5. The van der Waals surface area contributed by atoms with E-state index < -0.39 is 17.2 Å². The molecule has 10 heteroatoms. The number of rotatable bonds is 1. The zero-order valence-electron chi connectivity index (χ0n) is 16.2. The minimum atomic E-state index is -0.817. The molecule has 29 heavy (non-hydrogen) atoms. The van der Waals surface area contributed by atoms with E-state index in [4.69, 9.17) is 16.3 Å². The second-order valence-electron chi connectivity index (χ2n) is 8.37. The van der Waals surface area contributed by atoms with Crippen LogP contribution in [0.25, 0.3) is 10.9 Å². The number of hydrogen-bond acceptors (Lipinski definition) is 5. The normalized spacial score (nSPS) is 21.8. The Morgan fingerprint density at radius 3 is 2.55 bits per heavy atom. The number of carbonyl (C=O) groups excluding carboxylic acids is 1. The van der Waals surface area contributed by atoms with Crippen LogP contribution in [-0.4, -0.2) is 51.7 Å². The number of piperazine rings is 1. The highest BCUT2D eigenvalue weighted by Gasteiger charge is 2.43. The Kier molecular flexibility index (Phi) is 5.09. The van der Waals surface area contributed by atoms with Gasteiger partial charge in [0.2, 0.25) is 5.28 Å². The number of hydrogen-bond donors (Lipinski definition) is 0. The van der Waals surface area contributed by atoms with Crippen molar-refractivity contribution in [3.05, 3.63) is 27.5 Å². The number of ether oxygens (including phenoxy) is 1. The van der Waals surface area contributed by atoms with Crippen LogP contribution in [0.2, 0.25) is 5.28 Å². The SMILES string of the molecule is CC(C)(C)OC(=O)N1C[C@@H]2CC[C@@H]1CN2c1nc(Cl)nc2c(F)c(Br)c(F)cc12. The van der Waals surface area contributed by atoms with Crippen molar-refractivity contribution in [2.45, 2.75) is 51.3 Å². The molecule has 2 atom stereocenters. The van der Waals surface area contributed by atoms with Crippen molar-refractivity contribution in [3.8, 4) is 0 Å². The third-order valence-electron chi connectivity index (χ3n) is 5.21. The topological polar surface area (TPSA) is 58.6 Å². The van der Waals surface area contributed by atoms with Gasteiger partial charge in [-0.25, -0.2) is 18.6 Å². The highest BCUT2D eigenvalue weighted by atomic mass is 79.9. The first kappa shape index (κ1) is 20.5. The summed E-state index contributed by atoms with van der Waals surface area (Å²) in [7, 11) is 0. The van der Waals surface area contributed by atoms with Crippen LogP contribution in [0.4, 0.5) is 19.4 Å². The molecular formula is C19H20BrClF2N4O2. The lowest BCUT2D eigenvalue weighted by molar-refractivity contribution is 0.000822. The van der Waals surface area contributed by atoms with Crippen LogP contribution >= 0.6 is 27.5 Å². The van der Waals surface area contributed by atoms with Crippen LogP contribution in [0.5, 0.6) is 0 Å². The van der Waals surface area contributed by atoms with E-state index in [-0.39, 0.29) is 38.8 Å². The number of carbonyl (C=O) groups is 1. The lowest BCUT2D eigenvalue weighted by atomic mass is 9.91. The van der Waals surface area contributed by atoms with Crippen LogP contribution in [0.1, 0.15) is 33.6 Å². The number of anilines is 1. The number of benzene rings is 1. The summed E-state index contributed by atoms with van der Waals surface area (Å²) in [5.41, 5.74) is -0.620. The van der Waals surface area contributed by atoms with Gasteiger partial charge in [0.1, 0.15) is 22.8 Å². The monoisotopic (exact) mass is 488 g/mol. The first-order valence-corrected chi connectivity index (χ1v) is 10.5. The van der Waals surface area contributed by atoms with Gasteiger partial charge in [0.15, 0.2) is 5.82 Å². The van der Waals surface area contributed by atoms with Gasteiger partial charge in [0.05, 0.1) is 10.5 Å². The molecule has 5 rings (SSSR count). The van der Waals surface area contributed by atoms with E-state index in [9.17, 15) is 13.6 Å². The molecule has 3 fully saturated rings. The summed E-state index contributed by atoms with van der Waals surface area (Å²) in [6.45, 7) is 6.41. The lowest BCUT2D eigenvalue weighted by Gasteiger charge is -2.51. The highest BCUT2D eigenvalue weighted by Crippen LogP contribution is 2.38. The number of fused-ring (bicyclic) bond motifs is 4. The Morgan fingerprint density at radius 1 is 1.24 bits per heavy atom. The second kappa shape index (κ2) is 7.19. The second-order valence-corrected chi connectivity index (χ2v) is 9.50. The van der Waals surface area contributed by atoms with Gasteiger partial charge in [-0.1, -0.05) is 0 Å². The standard InChI is InChI=1S/C19H20BrClF2N4O2/c1-19(2,3)29-18(28)27-8-9-4-5-10(27)7-26(9)16-11-6-12(22)13(20)14(23)15(11)24-17(21)25-16/h6,9-10H,4-5,7-8H2,1-3H3/t9-,10+/m0/s1. The molecule has 0 unspecified atom stereocenters. The molecule has 0 N–H and O–H groups in total. The van der Waals surface area contributed by atoms with Crippen LogP contribution in [-0.2, 0) is 4.74 Å². The molecule has 1 amide bonds. The fourth-order valence-corrected chi connectivity index (χ4v) is 4.45. The summed E-state index contributed by atoms with van der Waals surface area (Å²) in [6, 6.07) is 1.07. The minimum Gasteiger partial charge on any atom is -0.444 e. The number of amides is 1. The van der Waals surface area contributed by atoms with E-state index in [0.717, 1.165) is 12.8 Å². The van der Waals surface area contributed by atoms with Gasteiger partial charge in [-0.3, -0.25) is 0 Å². The third-order valence-corrected chi connectivity index (χ3v) is 6.11. The molecule has 1 aromatic heterocycles. The minimum absolute atomic E-state index is 0.0429. The van der Waals surface area contributed by atoms with E-state index >= 15 is 0 Å². The van der Waals surface area contributed by atoms with Crippen molar-refractivity contribution in [1.29, 1.82) is 0 Å². The zero-order chi connectivity index (χ0) is 21.1. The summed E-state index contributed by atoms with van der Waals surface area (Å²) < 4.78 is 34.0. The molecule has 3 aliphatic heterocycles. The average Bonchev–Trinajstić information content (AvgIpc) is 2.65. The fraction of sp³-hybridized carbons (Fsp3) is 0.526. The van der Waals surface area contributed by atoms with E-state index in [1.165, 1.54) is 6.07 Å². The molecule has 156 valence electrons. The first-order valence-electron chi connectivity index (χ1n) is 9.32. The highest BCUT2D eigenvalue weighted by molar-refractivity contribution is 9.10. The third kappa shape index (κ3) is 3.74. The van der Waals surface area contributed by atoms with Gasteiger partial charge in [0.25, 0.3) is 0 Å². The van der Waals surface area contributed by atoms with Crippen molar-refractivity contribution in [3.63, 3.8) is 0 Å². The van der Waals surface area contributed by atoms with Crippen molar-refractivity contribution < 1.29 is 18.3 Å². The van der Waals surface area contributed by atoms with Gasteiger partial charge >= 0.3 is 6.09 Å². The molecule has 0 radical (unpaired) electrons. The van der Waals surface area contributed by atoms with Crippen molar-refractivity contribution >= 4 is 50.3 Å². The maximum atomic E-state index is 14.6. The Balaban J connectivity index is 1.70. The fourth-order valence-electron chi connectivity index (χ4n) is 3.98. The average molecular weight is 490 g/mol. The molecular weight excluding hydrogens is 470 g/mol. The summed E-state index contributed by atoms with van der Waals surface area (Å²) in [4.78, 5) is 24.5. The maximum absolute atomic E-state index is 14.6. The number of nitrogens with zero attached hydrogens (tertiary/aromatic N) is 4. The number of piperidine rings is 2. The molecule has 4 heterocycles. The molecule has 2 bridgehead atoms. The van der Waals surface area contributed by atoms with Crippen molar-refractivity contribution in [2.24, 2.45) is 0 Å². The number of aromatic nitrogens is 2. The van der Waals surface area contributed by atoms with Gasteiger partial charge in [-0.15, -0.1) is 0 Å². The predicted octanol–water partition coefficient (Wildman–Crippen LogP) is 4.91. The van der Waals surface area contributed by atoms with Crippen LogP contribution < -0.4 is 4.90 Å². The Labute approximate surface area is 180 Å². The van der Waals surface area contributed by atoms with Crippen LogP contribution in [0.3, 0.4) is 0 Å². The molecule has 0 aliphatic carbocycles. The molecule has 6 nitrogen and oxygen atoms in total. The molecule has 0 saturated carbocycles. The Hall–Kier alpha value is -1.74. The van der Waals surface area contributed by atoms with Gasteiger partial charge in [0, 0.05) is 24.5 Å². The molecule has 3 saturated heterocycles. The predicted molar refractivity (Wildman–Crippen MR) is 109 cm³/mol. The van der Waals surface area contributed by atoms with E-state index in [0.29, 0.717) is 18.9 Å². The quantitative estimate of drug-likeness (QED) is 0.421. The molecule has 1 aromatic carbocycles. The van der Waals surface area contributed by atoms with Gasteiger partial charge in [-0.05, 0) is 67.2 Å². The van der Waals surface area contributed by atoms with E-state index in [1.807, 2.05) is 25.7 Å². The van der Waals surface area contributed by atoms with Gasteiger partial charge < -0.3 is 14.5 Å². The van der Waals surface area contributed by atoms with Crippen molar-refractivity contribution in [2.75, 3.05) is 18.0 Å². The molecule has 3 aliphatic rings. The summed E-state index contributed by atoms with van der Waals surface area (Å²) in [5.74, 6) is -1.17. The zero-order valence-corrected chi connectivity index (χ0v) is 18.5. The van der Waals surface area contributed by atoms with Crippen LogP contribution in [0, 0.1) is 11.6 Å². The smallest absolute Gasteiger partial charge is 0.410 e. The largest absolute Gasteiger partial charge is 0.444 e. The Bertz CT molecular complexity index is 1000. The van der Waals surface area contributed by atoms with Crippen LogP contribution in [0.15, 0.2) is 10.5 Å². The Morgan fingerprint density at radius 2 is 1.93 bits per heavy atom. The summed E-state index contributed by atoms with van der Waals surface area (Å²) >= 11 is 8.95. The summed E-state index contributed by atoms with van der Waals surface area (Å²) in [5, 5.41) is 0.138. The number of halogens is 4. The molecule has 0 spiro atoms. The van der Waals surface area contributed by atoms with E-state index in [1.54, 1.807) is 4.90 Å². The lowest BCUT2D eigenvalue weighted by Crippen LogP contribution is -2.64. The summed E-state index contributed by atoms with van der Waals surface area (Å²) in [6.07, 6.45) is 1.30. The molecule has 2 aromatic rings. The van der Waals surface area contributed by atoms with Crippen molar-refractivity contribution in [1.82, 2.24) is 14.9 Å². The van der Waals surface area contributed by atoms with Gasteiger partial charge in [-0.2, -0.15) is 4.98 Å².